The summed E-state index contributed by atoms with van der Waals surface area (Å²) in [5, 5.41) is 14.1. The van der Waals surface area contributed by atoms with Crippen LogP contribution in [0.1, 0.15) is 28.8 Å². The highest BCUT2D eigenvalue weighted by atomic mass is 16.6. The minimum atomic E-state index is -0.435. The summed E-state index contributed by atoms with van der Waals surface area (Å²) in [5.74, 6) is -0.100. The highest BCUT2D eigenvalue weighted by molar-refractivity contribution is 5.94. The molecule has 1 amide bonds. The second-order valence-electron chi connectivity index (χ2n) is 5.24. The number of nitrogens with zero attached hydrogens (tertiary/aromatic N) is 2. The number of nitro groups is 1. The number of nitrogens with one attached hydrogen (secondary N) is 1. The third-order valence-corrected chi connectivity index (χ3v) is 3.64. The maximum absolute atomic E-state index is 12.3. The lowest BCUT2D eigenvalue weighted by Gasteiger charge is -2.21. The largest absolute Gasteiger partial charge is 0.340 e. The first-order valence-electron chi connectivity index (χ1n) is 6.73. The zero-order valence-electron chi connectivity index (χ0n) is 11.8. The van der Waals surface area contributed by atoms with Gasteiger partial charge in [-0.3, -0.25) is 14.9 Å². The zero-order chi connectivity index (χ0) is 14.7. The highest BCUT2D eigenvalue weighted by Gasteiger charge is 2.21. The molecule has 0 spiro atoms. The van der Waals surface area contributed by atoms with Gasteiger partial charge in [0.05, 0.1) is 4.92 Å². The van der Waals surface area contributed by atoms with Crippen molar-refractivity contribution in [1.82, 2.24) is 10.2 Å². The van der Waals surface area contributed by atoms with Crippen LogP contribution in [-0.2, 0) is 0 Å². The van der Waals surface area contributed by atoms with Crippen LogP contribution < -0.4 is 5.32 Å². The Morgan fingerprint density at radius 3 is 2.85 bits per heavy atom. The van der Waals surface area contributed by atoms with Gasteiger partial charge in [0, 0.05) is 36.8 Å². The van der Waals surface area contributed by atoms with Crippen molar-refractivity contribution < 1.29 is 9.72 Å². The Kier molecular flexibility index (Phi) is 4.34. The average molecular weight is 277 g/mol. The van der Waals surface area contributed by atoms with Gasteiger partial charge in [-0.05, 0) is 38.4 Å². The number of benzene rings is 1. The molecule has 6 heteroatoms. The van der Waals surface area contributed by atoms with Gasteiger partial charge in [-0.1, -0.05) is 0 Å². The summed E-state index contributed by atoms with van der Waals surface area (Å²) in [6.45, 7) is 3.31. The van der Waals surface area contributed by atoms with Gasteiger partial charge in [-0.25, -0.2) is 0 Å². The van der Waals surface area contributed by atoms with Crippen molar-refractivity contribution in [1.29, 1.82) is 0 Å². The molecule has 2 rings (SSSR count). The summed E-state index contributed by atoms with van der Waals surface area (Å²) in [6, 6.07) is 4.85. The minimum Gasteiger partial charge on any atom is -0.340 e. The fraction of sp³-hybridized carbons (Fsp3) is 0.500. The number of nitro benzene ring substituents is 1. The smallest absolute Gasteiger partial charge is 0.272 e. The summed E-state index contributed by atoms with van der Waals surface area (Å²) >= 11 is 0. The Labute approximate surface area is 117 Å². The summed E-state index contributed by atoms with van der Waals surface area (Å²) in [6.07, 6.45) is 2.22. The molecule has 0 aromatic heterocycles. The predicted molar refractivity (Wildman–Crippen MR) is 75.8 cm³/mol. The van der Waals surface area contributed by atoms with Crippen LogP contribution in [0.3, 0.4) is 0 Å². The summed E-state index contributed by atoms with van der Waals surface area (Å²) in [4.78, 5) is 24.3. The van der Waals surface area contributed by atoms with Crippen molar-refractivity contribution in [3.05, 3.63) is 39.4 Å². The Bertz CT molecular complexity index is 524. The van der Waals surface area contributed by atoms with E-state index in [1.165, 1.54) is 12.1 Å². The first-order chi connectivity index (χ1) is 9.49. The second kappa shape index (κ2) is 6.00. The molecule has 1 aliphatic rings. The summed E-state index contributed by atoms with van der Waals surface area (Å²) < 4.78 is 0. The highest BCUT2D eigenvalue weighted by Crippen LogP contribution is 2.19. The molecule has 1 unspecified atom stereocenters. The fourth-order valence-corrected chi connectivity index (χ4v) is 2.54. The molecular formula is C14H19N3O3. The van der Waals surface area contributed by atoms with Crippen LogP contribution in [-0.4, -0.2) is 41.9 Å². The van der Waals surface area contributed by atoms with Gasteiger partial charge < -0.3 is 10.2 Å². The van der Waals surface area contributed by atoms with Crippen molar-refractivity contribution in [2.45, 2.75) is 25.8 Å². The van der Waals surface area contributed by atoms with Gasteiger partial charge in [-0.15, -0.1) is 0 Å². The molecule has 0 saturated carbocycles. The monoisotopic (exact) mass is 277 g/mol. The summed E-state index contributed by atoms with van der Waals surface area (Å²) in [7, 11) is 1.76. The van der Waals surface area contributed by atoms with Crippen molar-refractivity contribution in [3.63, 3.8) is 0 Å². The number of aryl methyl sites for hydroxylation is 1. The second-order valence-corrected chi connectivity index (χ2v) is 5.24. The Morgan fingerprint density at radius 1 is 1.55 bits per heavy atom. The van der Waals surface area contributed by atoms with Crippen LogP contribution in [0.2, 0.25) is 0 Å². The van der Waals surface area contributed by atoms with E-state index in [9.17, 15) is 14.9 Å². The lowest BCUT2D eigenvalue weighted by atomic mass is 10.1. The number of carbonyl (C=O) groups excluding carboxylic acids is 1. The molecular weight excluding hydrogens is 258 g/mol. The number of hydrogen-bond acceptors (Lipinski definition) is 4. The van der Waals surface area contributed by atoms with E-state index in [4.69, 9.17) is 0 Å². The lowest BCUT2D eigenvalue weighted by Crippen LogP contribution is -2.38. The molecule has 1 saturated heterocycles. The van der Waals surface area contributed by atoms with Crippen molar-refractivity contribution in [2.24, 2.45) is 0 Å². The SMILES string of the molecule is Cc1cc(C(=O)N(C)CC2CCCN2)ccc1[N+](=O)[O-]. The van der Waals surface area contributed by atoms with E-state index in [0.29, 0.717) is 23.7 Å². The van der Waals surface area contributed by atoms with Gasteiger partial charge >= 0.3 is 0 Å². The van der Waals surface area contributed by atoms with Crippen LogP contribution in [0.15, 0.2) is 18.2 Å². The normalized spacial score (nSPS) is 18.0. The number of rotatable bonds is 4. The lowest BCUT2D eigenvalue weighted by molar-refractivity contribution is -0.385. The minimum absolute atomic E-state index is 0.0432. The first-order valence-corrected chi connectivity index (χ1v) is 6.73. The quantitative estimate of drug-likeness (QED) is 0.671. The molecule has 1 aromatic carbocycles. The van der Waals surface area contributed by atoms with Gasteiger partial charge in [0.2, 0.25) is 0 Å². The van der Waals surface area contributed by atoms with Gasteiger partial charge in [-0.2, -0.15) is 0 Å². The van der Waals surface area contributed by atoms with E-state index in [2.05, 4.69) is 5.32 Å². The number of likely N-dealkylation sites (N-methyl/N-ethyl adjacent to an activating group) is 1. The van der Waals surface area contributed by atoms with Crippen LogP contribution in [0.5, 0.6) is 0 Å². The van der Waals surface area contributed by atoms with Crippen molar-refractivity contribution in [2.75, 3.05) is 20.1 Å². The average Bonchev–Trinajstić information content (AvgIpc) is 2.90. The van der Waals surface area contributed by atoms with E-state index < -0.39 is 4.92 Å². The topological polar surface area (TPSA) is 75.5 Å². The molecule has 6 nitrogen and oxygen atoms in total. The molecule has 1 heterocycles. The van der Waals surface area contributed by atoms with E-state index in [0.717, 1.165) is 19.4 Å². The maximum Gasteiger partial charge on any atom is 0.272 e. The Balaban J connectivity index is 2.08. The van der Waals surface area contributed by atoms with Crippen LogP contribution >= 0.6 is 0 Å². The summed E-state index contributed by atoms with van der Waals surface area (Å²) in [5.41, 5.74) is 1.04. The van der Waals surface area contributed by atoms with Crippen molar-refractivity contribution >= 4 is 11.6 Å². The molecule has 0 aliphatic carbocycles. The predicted octanol–water partition coefficient (Wildman–Crippen LogP) is 1.73. The van der Waals surface area contributed by atoms with Crippen LogP contribution in [0.25, 0.3) is 0 Å². The van der Waals surface area contributed by atoms with E-state index in [1.54, 1.807) is 24.9 Å². The van der Waals surface area contributed by atoms with E-state index in [1.807, 2.05) is 0 Å². The Hall–Kier alpha value is -1.95. The zero-order valence-corrected chi connectivity index (χ0v) is 11.8. The molecule has 20 heavy (non-hydrogen) atoms. The number of amides is 1. The molecule has 108 valence electrons. The Morgan fingerprint density at radius 2 is 2.30 bits per heavy atom. The first kappa shape index (κ1) is 14.5. The van der Waals surface area contributed by atoms with Crippen molar-refractivity contribution in [3.8, 4) is 0 Å². The van der Waals surface area contributed by atoms with Gasteiger partial charge in [0.25, 0.3) is 11.6 Å². The molecule has 1 fully saturated rings. The molecule has 1 aliphatic heterocycles. The molecule has 0 bridgehead atoms. The fourth-order valence-electron chi connectivity index (χ4n) is 2.54. The molecule has 1 aromatic rings. The van der Waals surface area contributed by atoms with Gasteiger partial charge in [0.1, 0.15) is 0 Å². The third-order valence-electron chi connectivity index (χ3n) is 3.64. The molecule has 0 radical (unpaired) electrons. The molecule has 1 atom stereocenters. The number of hydrogen-bond donors (Lipinski definition) is 1. The maximum atomic E-state index is 12.3. The van der Waals surface area contributed by atoms with Gasteiger partial charge in [0.15, 0.2) is 0 Å². The van der Waals surface area contributed by atoms with Crippen LogP contribution in [0, 0.1) is 17.0 Å². The van der Waals surface area contributed by atoms with Crippen LogP contribution in [0.4, 0.5) is 5.69 Å². The van der Waals surface area contributed by atoms with E-state index >= 15 is 0 Å². The molecule has 1 N–H and O–H groups in total. The van der Waals surface area contributed by atoms with E-state index in [-0.39, 0.29) is 11.6 Å². The number of carbonyl (C=O) groups is 1. The standard InChI is InChI=1S/C14H19N3O3/c1-10-8-11(5-6-13(10)17(19)20)14(18)16(2)9-12-4-3-7-15-12/h5-6,8,12,15H,3-4,7,9H2,1-2H3. The third kappa shape index (κ3) is 3.14.